The first-order valence-corrected chi connectivity index (χ1v) is 11.1. The number of piperazine rings is 1. The first-order chi connectivity index (χ1) is 15.0. The van der Waals surface area contributed by atoms with E-state index >= 15 is 0 Å². The van der Waals surface area contributed by atoms with E-state index in [2.05, 4.69) is 78.8 Å². The molecule has 0 saturated carbocycles. The lowest BCUT2D eigenvalue weighted by molar-refractivity contribution is -1.03. The Morgan fingerprint density at radius 1 is 0.968 bits per heavy atom. The molecule has 31 heavy (non-hydrogen) atoms. The highest BCUT2D eigenvalue weighted by molar-refractivity contribution is 5.37. The zero-order valence-corrected chi connectivity index (χ0v) is 19.0. The van der Waals surface area contributed by atoms with E-state index in [1.54, 1.807) is 12.0 Å². The van der Waals surface area contributed by atoms with Gasteiger partial charge in [-0.2, -0.15) is 0 Å². The standard InChI is InChI=1S/C24H32N6O/c1-24(2,3)30-23(25-26-27-30)22(20-12-8-9-13-21(20)31-4)29-16-14-28(15-17-29)18-19-10-6-5-7-11-19/h5-13,22H,14-18H2,1-4H3/p+2/t22-/m0/s1. The molecule has 1 atom stereocenters. The monoisotopic (exact) mass is 422 g/mol. The van der Waals surface area contributed by atoms with Crippen molar-refractivity contribution in [3.63, 3.8) is 0 Å². The number of tetrazole rings is 1. The van der Waals surface area contributed by atoms with Crippen LogP contribution in [-0.4, -0.2) is 53.5 Å². The number of para-hydroxylation sites is 1. The van der Waals surface area contributed by atoms with Crippen molar-refractivity contribution in [1.82, 2.24) is 20.2 Å². The first-order valence-electron chi connectivity index (χ1n) is 11.1. The van der Waals surface area contributed by atoms with Crippen LogP contribution in [0, 0.1) is 0 Å². The van der Waals surface area contributed by atoms with E-state index < -0.39 is 0 Å². The molecule has 164 valence electrons. The Morgan fingerprint density at radius 3 is 2.32 bits per heavy atom. The molecule has 1 aromatic heterocycles. The van der Waals surface area contributed by atoms with Gasteiger partial charge in [0.1, 0.15) is 38.5 Å². The molecule has 0 radical (unpaired) electrons. The minimum Gasteiger partial charge on any atom is -0.496 e. The first kappa shape index (κ1) is 21.5. The fourth-order valence-electron chi connectivity index (χ4n) is 4.57. The van der Waals surface area contributed by atoms with Gasteiger partial charge in [-0.15, -0.1) is 5.10 Å². The summed E-state index contributed by atoms with van der Waals surface area (Å²) in [5.74, 6) is 1.79. The van der Waals surface area contributed by atoms with E-state index in [1.807, 2.05) is 16.8 Å². The van der Waals surface area contributed by atoms with E-state index in [-0.39, 0.29) is 11.6 Å². The second-order valence-electron chi connectivity index (χ2n) is 9.37. The van der Waals surface area contributed by atoms with Crippen LogP contribution in [0.1, 0.15) is 43.8 Å². The van der Waals surface area contributed by atoms with E-state index in [1.165, 1.54) is 10.5 Å². The summed E-state index contributed by atoms with van der Waals surface area (Å²) in [7, 11) is 1.74. The third-order valence-corrected chi connectivity index (χ3v) is 6.14. The van der Waals surface area contributed by atoms with Crippen LogP contribution in [0.2, 0.25) is 0 Å². The molecular weight excluding hydrogens is 388 g/mol. The molecule has 2 aromatic carbocycles. The summed E-state index contributed by atoms with van der Waals surface area (Å²) in [4.78, 5) is 3.12. The van der Waals surface area contributed by atoms with E-state index in [9.17, 15) is 0 Å². The summed E-state index contributed by atoms with van der Waals surface area (Å²) >= 11 is 0. The number of methoxy groups -OCH3 is 1. The minimum atomic E-state index is -0.196. The Hall–Kier alpha value is -2.77. The second kappa shape index (κ2) is 9.16. The van der Waals surface area contributed by atoms with Crippen LogP contribution in [0.3, 0.4) is 0 Å². The number of rotatable bonds is 6. The van der Waals surface area contributed by atoms with Gasteiger partial charge in [0, 0.05) is 5.56 Å². The van der Waals surface area contributed by atoms with E-state index in [0.29, 0.717) is 0 Å². The van der Waals surface area contributed by atoms with Gasteiger partial charge in [0.2, 0.25) is 5.82 Å². The van der Waals surface area contributed by atoms with Crippen molar-refractivity contribution in [3.05, 3.63) is 71.5 Å². The number of quaternary nitrogens is 2. The molecule has 1 fully saturated rings. The van der Waals surface area contributed by atoms with Crippen LogP contribution in [0.5, 0.6) is 5.75 Å². The highest BCUT2D eigenvalue weighted by Crippen LogP contribution is 2.28. The average molecular weight is 423 g/mol. The van der Waals surface area contributed by atoms with Crippen molar-refractivity contribution in [1.29, 1.82) is 0 Å². The van der Waals surface area contributed by atoms with Crippen molar-refractivity contribution in [2.24, 2.45) is 0 Å². The lowest BCUT2D eigenvalue weighted by atomic mass is 10.0. The highest BCUT2D eigenvalue weighted by atomic mass is 16.5. The predicted molar refractivity (Wildman–Crippen MR) is 119 cm³/mol. The topological polar surface area (TPSA) is 61.7 Å². The highest BCUT2D eigenvalue weighted by Gasteiger charge is 2.38. The maximum atomic E-state index is 5.74. The summed E-state index contributed by atoms with van der Waals surface area (Å²) in [5.41, 5.74) is 2.35. The molecule has 7 heteroatoms. The maximum Gasteiger partial charge on any atom is 0.214 e. The van der Waals surface area contributed by atoms with Gasteiger partial charge < -0.3 is 14.5 Å². The van der Waals surface area contributed by atoms with Gasteiger partial charge in [-0.3, -0.25) is 0 Å². The molecule has 4 rings (SSSR count). The molecule has 0 unspecified atom stereocenters. The van der Waals surface area contributed by atoms with Gasteiger partial charge in [0.25, 0.3) is 0 Å². The van der Waals surface area contributed by atoms with Crippen LogP contribution in [0.15, 0.2) is 54.6 Å². The normalized spacial score (nSPS) is 20.4. The average Bonchev–Trinajstić information content (AvgIpc) is 3.26. The summed E-state index contributed by atoms with van der Waals surface area (Å²) in [6, 6.07) is 19.1. The predicted octanol–water partition coefficient (Wildman–Crippen LogP) is 0.510. The van der Waals surface area contributed by atoms with Gasteiger partial charge in [-0.1, -0.05) is 42.5 Å². The molecular formula is C24H34N6O+2. The van der Waals surface area contributed by atoms with Crippen molar-refractivity contribution in [2.45, 2.75) is 38.9 Å². The summed E-state index contributed by atoms with van der Waals surface area (Å²) in [5, 5.41) is 12.9. The number of nitrogens with one attached hydrogen (secondary N) is 2. The fraction of sp³-hybridized carbons (Fsp3) is 0.458. The van der Waals surface area contributed by atoms with Crippen LogP contribution >= 0.6 is 0 Å². The van der Waals surface area contributed by atoms with Crippen molar-refractivity contribution < 1.29 is 14.5 Å². The quantitative estimate of drug-likeness (QED) is 0.608. The van der Waals surface area contributed by atoms with Gasteiger partial charge in [-0.05, 0) is 43.3 Å². The van der Waals surface area contributed by atoms with E-state index in [4.69, 9.17) is 4.74 Å². The molecule has 7 nitrogen and oxygen atoms in total. The smallest absolute Gasteiger partial charge is 0.214 e. The van der Waals surface area contributed by atoms with Gasteiger partial charge in [0.15, 0.2) is 6.04 Å². The Labute approximate surface area is 184 Å². The molecule has 3 aromatic rings. The fourth-order valence-corrected chi connectivity index (χ4v) is 4.57. The molecule has 0 spiro atoms. The number of nitrogens with zero attached hydrogens (tertiary/aromatic N) is 4. The van der Waals surface area contributed by atoms with Crippen LogP contribution < -0.4 is 14.5 Å². The van der Waals surface area contributed by atoms with Crippen molar-refractivity contribution >= 4 is 0 Å². The molecule has 1 aliphatic rings. The van der Waals surface area contributed by atoms with Crippen LogP contribution in [-0.2, 0) is 12.1 Å². The largest absolute Gasteiger partial charge is 0.496 e. The third kappa shape index (κ3) is 4.78. The third-order valence-electron chi connectivity index (χ3n) is 6.14. The SMILES string of the molecule is COc1ccccc1[C@@H](c1nnnn1C(C)(C)C)[NH+]1CC[NH+](Cc2ccccc2)CC1. The number of hydrogen-bond donors (Lipinski definition) is 2. The maximum absolute atomic E-state index is 5.74. The van der Waals surface area contributed by atoms with Crippen LogP contribution in [0.4, 0.5) is 0 Å². The number of hydrogen-bond acceptors (Lipinski definition) is 4. The summed E-state index contributed by atoms with van der Waals surface area (Å²) in [6.45, 7) is 11.9. The molecule has 2 heterocycles. The van der Waals surface area contributed by atoms with E-state index in [0.717, 1.165) is 49.9 Å². The lowest BCUT2D eigenvalue weighted by Crippen LogP contribution is -3.27. The van der Waals surface area contributed by atoms with Crippen molar-refractivity contribution in [2.75, 3.05) is 33.3 Å². The Bertz CT molecular complexity index is 973. The summed E-state index contributed by atoms with van der Waals surface area (Å²) in [6.07, 6.45) is 0. The number of benzene rings is 2. The van der Waals surface area contributed by atoms with Gasteiger partial charge >= 0.3 is 0 Å². The number of aromatic nitrogens is 4. The minimum absolute atomic E-state index is 0.0312. The Kier molecular flexibility index (Phi) is 6.34. The van der Waals surface area contributed by atoms with Gasteiger partial charge in [-0.25, -0.2) is 4.68 Å². The Balaban J connectivity index is 1.61. The van der Waals surface area contributed by atoms with Crippen molar-refractivity contribution in [3.8, 4) is 5.75 Å². The molecule has 0 aliphatic carbocycles. The number of ether oxygens (including phenoxy) is 1. The second-order valence-corrected chi connectivity index (χ2v) is 9.37. The Morgan fingerprint density at radius 2 is 1.65 bits per heavy atom. The molecule has 1 aliphatic heterocycles. The van der Waals surface area contributed by atoms with Gasteiger partial charge in [0.05, 0.1) is 18.2 Å². The molecule has 0 amide bonds. The van der Waals surface area contributed by atoms with Crippen LogP contribution in [0.25, 0.3) is 0 Å². The molecule has 0 bridgehead atoms. The zero-order chi connectivity index (χ0) is 21.8. The lowest BCUT2D eigenvalue weighted by Gasteiger charge is -2.35. The zero-order valence-electron chi connectivity index (χ0n) is 19.0. The molecule has 1 saturated heterocycles. The summed E-state index contributed by atoms with van der Waals surface area (Å²) < 4.78 is 7.72. The molecule has 2 N–H and O–H groups in total.